The quantitative estimate of drug-likeness (QED) is 0.278. The molecule has 0 bridgehead atoms. The van der Waals surface area contributed by atoms with Crippen LogP contribution in [0.2, 0.25) is 0 Å². The first-order valence-corrected chi connectivity index (χ1v) is 13.0. The van der Waals surface area contributed by atoms with Gasteiger partial charge < -0.3 is 9.47 Å². The van der Waals surface area contributed by atoms with Gasteiger partial charge in [0.05, 0.1) is 29.8 Å². The van der Waals surface area contributed by atoms with E-state index in [4.69, 9.17) is 14.5 Å². The summed E-state index contributed by atoms with van der Waals surface area (Å²) in [6, 6.07) is 21.9. The van der Waals surface area contributed by atoms with Crippen LogP contribution in [0.3, 0.4) is 0 Å². The van der Waals surface area contributed by atoms with E-state index in [0.29, 0.717) is 35.3 Å². The summed E-state index contributed by atoms with van der Waals surface area (Å²) in [6.07, 6.45) is 0.0843. The van der Waals surface area contributed by atoms with E-state index in [-0.39, 0.29) is 18.1 Å². The summed E-state index contributed by atoms with van der Waals surface area (Å²) in [4.78, 5) is 32.7. The Balaban J connectivity index is 1.62. The summed E-state index contributed by atoms with van der Waals surface area (Å²) < 4.78 is 11.9. The van der Waals surface area contributed by atoms with Gasteiger partial charge in [0.1, 0.15) is 11.5 Å². The summed E-state index contributed by atoms with van der Waals surface area (Å²) in [5.41, 5.74) is 1.94. The predicted molar refractivity (Wildman–Crippen MR) is 144 cm³/mol. The molecule has 0 aliphatic carbocycles. The number of thioether (sulfide) groups is 1. The Kier molecular flexibility index (Phi) is 8.25. The summed E-state index contributed by atoms with van der Waals surface area (Å²) in [7, 11) is 0. The highest BCUT2D eigenvalue weighted by atomic mass is 79.9. The summed E-state index contributed by atoms with van der Waals surface area (Å²) >= 11 is 4.69. The average molecular weight is 553 g/mol. The number of benzene rings is 3. The van der Waals surface area contributed by atoms with Crippen LogP contribution in [0.15, 0.2) is 82.3 Å². The monoisotopic (exact) mass is 552 g/mol. The largest absolute Gasteiger partial charge is 0.494 e. The molecule has 1 aliphatic rings. The van der Waals surface area contributed by atoms with E-state index in [2.05, 4.69) is 15.9 Å². The summed E-state index contributed by atoms with van der Waals surface area (Å²) in [5.74, 6) is 1.22. The van der Waals surface area contributed by atoms with Crippen molar-refractivity contribution >= 4 is 55.9 Å². The Hall–Kier alpha value is -3.10. The van der Waals surface area contributed by atoms with Gasteiger partial charge in [0.2, 0.25) is 5.91 Å². The number of ether oxygens (including phenoxy) is 2. The standard InChI is InChI=1S/C27H25BrN2O4S/c1-3-33-22-13-9-20(10-14-22)29-27-30(21-11-15-23(16-12-21)34-4-2)26(32)25(35-27)17-24(31)18-5-7-19(28)8-6-18/h5-16,25H,3-4,17H2,1-2H3/t25-/m0/s1. The lowest BCUT2D eigenvalue weighted by Gasteiger charge is -2.17. The number of anilines is 1. The fourth-order valence-electron chi connectivity index (χ4n) is 3.59. The Morgan fingerprint density at radius 2 is 1.49 bits per heavy atom. The van der Waals surface area contributed by atoms with Crippen molar-refractivity contribution in [2.45, 2.75) is 25.5 Å². The molecule has 0 saturated carbocycles. The fraction of sp³-hybridized carbons (Fsp3) is 0.222. The third-order valence-corrected chi connectivity index (χ3v) is 6.92. The van der Waals surface area contributed by atoms with Gasteiger partial charge in [-0.3, -0.25) is 14.5 Å². The molecule has 0 unspecified atom stereocenters. The second kappa shape index (κ2) is 11.6. The first-order chi connectivity index (χ1) is 17.0. The van der Waals surface area contributed by atoms with Crippen molar-refractivity contribution < 1.29 is 19.1 Å². The number of hydrogen-bond acceptors (Lipinski definition) is 6. The third kappa shape index (κ3) is 6.13. The molecule has 1 saturated heterocycles. The molecule has 8 heteroatoms. The average Bonchev–Trinajstić information content (AvgIpc) is 3.16. The van der Waals surface area contributed by atoms with Gasteiger partial charge in [0.15, 0.2) is 11.0 Å². The van der Waals surface area contributed by atoms with Gasteiger partial charge in [0.25, 0.3) is 0 Å². The first kappa shape index (κ1) is 25.0. The second-order valence-electron chi connectivity index (χ2n) is 7.66. The van der Waals surface area contributed by atoms with Crippen LogP contribution >= 0.6 is 27.7 Å². The van der Waals surface area contributed by atoms with Crippen molar-refractivity contribution in [3.63, 3.8) is 0 Å². The number of carbonyl (C=O) groups is 2. The van der Waals surface area contributed by atoms with E-state index in [1.807, 2.05) is 74.5 Å². The number of hydrogen-bond donors (Lipinski definition) is 0. The lowest BCUT2D eigenvalue weighted by molar-refractivity contribution is -0.116. The zero-order valence-corrected chi connectivity index (χ0v) is 21.8. The van der Waals surface area contributed by atoms with Gasteiger partial charge in [-0.25, -0.2) is 4.99 Å². The molecule has 1 amide bonds. The SMILES string of the molecule is CCOc1ccc(N=C2S[C@@H](CC(=O)c3ccc(Br)cc3)C(=O)N2c2ccc(OCC)cc2)cc1. The van der Waals surface area contributed by atoms with Gasteiger partial charge in [-0.2, -0.15) is 0 Å². The van der Waals surface area contributed by atoms with Crippen molar-refractivity contribution in [3.05, 3.63) is 82.8 Å². The van der Waals surface area contributed by atoms with Gasteiger partial charge in [0, 0.05) is 16.5 Å². The van der Waals surface area contributed by atoms with Crippen LogP contribution in [-0.2, 0) is 4.79 Å². The maximum absolute atomic E-state index is 13.5. The molecular formula is C27H25BrN2O4S. The van der Waals surface area contributed by atoms with E-state index >= 15 is 0 Å². The molecule has 1 heterocycles. The Labute approximate surface area is 217 Å². The Bertz CT molecular complexity index is 1210. The predicted octanol–water partition coefficient (Wildman–Crippen LogP) is 6.66. The fourth-order valence-corrected chi connectivity index (χ4v) is 5.00. The first-order valence-electron chi connectivity index (χ1n) is 11.3. The van der Waals surface area contributed by atoms with E-state index < -0.39 is 5.25 Å². The number of carbonyl (C=O) groups excluding carboxylic acids is 2. The van der Waals surface area contributed by atoms with Crippen molar-refractivity contribution in [2.75, 3.05) is 18.1 Å². The van der Waals surface area contributed by atoms with Crippen molar-refractivity contribution in [1.82, 2.24) is 0 Å². The number of aliphatic imine (C=N–C) groups is 1. The highest BCUT2D eigenvalue weighted by Crippen LogP contribution is 2.36. The molecule has 0 aromatic heterocycles. The van der Waals surface area contributed by atoms with Gasteiger partial charge >= 0.3 is 0 Å². The maximum atomic E-state index is 13.5. The second-order valence-corrected chi connectivity index (χ2v) is 9.75. The minimum atomic E-state index is -0.570. The van der Waals surface area contributed by atoms with Crippen LogP contribution in [0.4, 0.5) is 11.4 Å². The van der Waals surface area contributed by atoms with Crippen LogP contribution in [0, 0.1) is 0 Å². The number of amidine groups is 1. The number of amides is 1. The molecule has 1 atom stereocenters. The van der Waals surface area contributed by atoms with Crippen LogP contribution in [0.1, 0.15) is 30.6 Å². The molecule has 0 spiro atoms. The molecule has 0 radical (unpaired) electrons. The molecule has 180 valence electrons. The molecule has 4 rings (SSSR count). The molecule has 6 nitrogen and oxygen atoms in total. The van der Waals surface area contributed by atoms with Gasteiger partial charge in [-0.05, 0) is 74.5 Å². The lowest BCUT2D eigenvalue weighted by atomic mass is 10.1. The number of halogens is 1. The smallest absolute Gasteiger partial charge is 0.247 e. The van der Waals surface area contributed by atoms with Crippen LogP contribution in [-0.4, -0.2) is 35.3 Å². The van der Waals surface area contributed by atoms with Crippen molar-refractivity contribution in [1.29, 1.82) is 0 Å². The van der Waals surface area contributed by atoms with E-state index in [0.717, 1.165) is 16.0 Å². The maximum Gasteiger partial charge on any atom is 0.247 e. The van der Waals surface area contributed by atoms with Crippen LogP contribution < -0.4 is 14.4 Å². The van der Waals surface area contributed by atoms with Crippen LogP contribution in [0.25, 0.3) is 0 Å². The molecule has 35 heavy (non-hydrogen) atoms. The Morgan fingerprint density at radius 1 is 0.914 bits per heavy atom. The minimum absolute atomic E-state index is 0.0843. The number of Topliss-reactive ketones (excluding diaryl/α,β-unsaturated/α-hetero) is 1. The van der Waals surface area contributed by atoms with Gasteiger partial charge in [-0.1, -0.05) is 39.8 Å². The highest BCUT2D eigenvalue weighted by molar-refractivity contribution is 9.10. The van der Waals surface area contributed by atoms with E-state index in [1.54, 1.807) is 17.0 Å². The summed E-state index contributed by atoms with van der Waals surface area (Å²) in [6.45, 7) is 4.99. The normalized spacial score (nSPS) is 16.5. The lowest BCUT2D eigenvalue weighted by Crippen LogP contribution is -2.32. The van der Waals surface area contributed by atoms with E-state index in [9.17, 15) is 9.59 Å². The zero-order chi connectivity index (χ0) is 24.8. The Morgan fingerprint density at radius 3 is 2.06 bits per heavy atom. The highest BCUT2D eigenvalue weighted by Gasteiger charge is 2.40. The van der Waals surface area contributed by atoms with Crippen LogP contribution in [0.5, 0.6) is 11.5 Å². The zero-order valence-electron chi connectivity index (χ0n) is 19.4. The number of ketones is 1. The molecule has 1 fully saturated rings. The van der Waals surface area contributed by atoms with Crippen molar-refractivity contribution in [2.24, 2.45) is 4.99 Å². The van der Waals surface area contributed by atoms with Crippen molar-refractivity contribution in [3.8, 4) is 11.5 Å². The third-order valence-electron chi connectivity index (χ3n) is 5.25. The molecule has 0 N–H and O–H groups in total. The number of rotatable bonds is 9. The summed E-state index contributed by atoms with van der Waals surface area (Å²) in [5, 5.41) is -0.0453. The van der Waals surface area contributed by atoms with Gasteiger partial charge in [-0.15, -0.1) is 0 Å². The topological polar surface area (TPSA) is 68.2 Å². The minimum Gasteiger partial charge on any atom is -0.494 e. The molecule has 3 aromatic rings. The number of nitrogens with zero attached hydrogens (tertiary/aromatic N) is 2. The van der Waals surface area contributed by atoms with E-state index in [1.165, 1.54) is 11.8 Å². The molecule has 3 aromatic carbocycles. The molecule has 1 aliphatic heterocycles. The molecular weight excluding hydrogens is 528 g/mol.